The predicted molar refractivity (Wildman–Crippen MR) is 94.4 cm³/mol. The molecule has 0 unspecified atom stereocenters. The zero-order valence-electron chi connectivity index (χ0n) is 12.7. The number of hydrogen-bond donors (Lipinski definition) is 1. The lowest BCUT2D eigenvalue weighted by Crippen LogP contribution is -2.20. The molecule has 3 rings (SSSR count). The van der Waals surface area contributed by atoms with Crippen molar-refractivity contribution in [3.8, 4) is 0 Å². The minimum atomic E-state index is -0.442. The van der Waals surface area contributed by atoms with Crippen LogP contribution in [-0.4, -0.2) is 28.9 Å². The minimum absolute atomic E-state index is 0.0479. The molecule has 0 spiro atoms. The molecule has 0 saturated carbocycles. The SMILES string of the molecule is O=C(Nc1ccc(Br)cn1)c1ccc(N2CCCC2)c([N+](=O)[O-])c1. The average Bonchev–Trinajstić information content (AvgIpc) is 3.10. The Morgan fingerprint density at radius 2 is 2.00 bits per heavy atom. The molecule has 1 aliphatic rings. The van der Waals surface area contributed by atoms with Crippen LogP contribution in [0.15, 0.2) is 41.0 Å². The van der Waals surface area contributed by atoms with Crippen LogP contribution in [0.2, 0.25) is 0 Å². The van der Waals surface area contributed by atoms with Gasteiger partial charge >= 0.3 is 0 Å². The van der Waals surface area contributed by atoms with Gasteiger partial charge in [-0.05, 0) is 53.0 Å². The number of nitro benzene ring substituents is 1. The van der Waals surface area contributed by atoms with E-state index < -0.39 is 10.8 Å². The van der Waals surface area contributed by atoms with Gasteiger partial charge in [-0.3, -0.25) is 14.9 Å². The summed E-state index contributed by atoms with van der Waals surface area (Å²) in [6.45, 7) is 1.60. The molecule has 1 aliphatic heterocycles. The first kappa shape index (κ1) is 16.4. The van der Waals surface area contributed by atoms with Gasteiger partial charge < -0.3 is 10.2 Å². The Morgan fingerprint density at radius 3 is 2.62 bits per heavy atom. The molecule has 0 bridgehead atoms. The minimum Gasteiger partial charge on any atom is -0.366 e. The Morgan fingerprint density at radius 1 is 1.25 bits per heavy atom. The van der Waals surface area contributed by atoms with Crippen LogP contribution in [0.3, 0.4) is 0 Å². The molecule has 0 aliphatic carbocycles. The molecule has 1 fully saturated rings. The second-order valence-electron chi connectivity index (χ2n) is 5.47. The number of anilines is 2. The highest BCUT2D eigenvalue weighted by Crippen LogP contribution is 2.31. The van der Waals surface area contributed by atoms with Gasteiger partial charge in [0.2, 0.25) is 0 Å². The third-order valence-corrected chi connectivity index (χ3v) is 4.32. The highest BCUT2D eigenvalue weighted by Gasteiger charge is 2.23. The van der Waals surface area contributed by atoms with Crippen molar-refractivity contribution < 1.29 is 9.72 Å². The number of carbonyl (C=O) groups is 1. The second-order valence-corrected chi connectivity index (χ2v) is 6.39. The number of pyridine rings is 1. The molecule has 1 aromatic carbocycles. The summed E-state index contributed by atoms with van der Waals surface area (Å²) >= 11 is 3.27. The van der Waals surface area contributed by atoms with E-state index in [0.29, 0.717) is 11.5 Å². The molecule has 1 saturated heterocycles. The van der Waals surface area contributed by atoms with E-state index in [1.807, 2.05) is 4.90 Å². The van der Waals surface area contributed by atoms with Gasteiger partial charge in [0.25, 0.3) is 11.6 Å². The van der Waals surface area contributed by atoms with Gasteiger partial charge in [-0.1, -0.05) is 0 Å². The maximum absolute atomic E-state index is 12.3. The summed E-state index contributed by atoms with van der Waals surface area (Å²) in [5.41, 5.74) is 0.749. The fraction of sp³-hybridized carbons (Fsp3) is 0.250. The van der Waals surface area contributed by atoms with Gasteiger partial charge in [-0.2, -0.15) is 0 Å². The van der Waals surface area contributed by atoms with Crippen molar-refractivity contribution in [2.24, 2.45) is 0 Å². The molecule has 7 nitrogen and oxygen atoms in total. The Hall–Kier alpha value is -2.48. The van der Waals surface area contributed by atoms with E-state index in [9.17, 15) is 14.9 Å². The fourth-order valence-corrected chi connectivity index (χ4v) is 2.91. The summed E-state index contributed by atoms with van der Waals surface area (Å²) in [5, 5.41) is 14.0. The van der Waals surface area contributed by atoms with Crippen LogP contribution in [0, 0.1) is 10.1 Å². The quantitative estimate of drug-likeness (QED) is 0.636. The van der Waals surface area contributed by atoms with Crippen molar-refractivity contribution in [1.29, 1.82) is 0 Å². The lowest BCUT2D eigenvalue weighted by atomic mass is 10.1. The van der Waals surface area contributed by atoms with Crippen LogP contribution in [0.5, 0.6) is 0 Å². The topological polar surface area (TPSA) is 88.4 Å². The largest absolute Gasteiger partial charge is 0.366 e. The monoisotopic (exact) mass is 390 g/mol. The molecule has 2 aromatic rings. The van der Waals surface area contributed by atoms with Crippen LogP contribution in [0.4, 0.5) is 17.2 Å². The molecule has 1 N–H and O–H groups in total. The lowest BCUT2D eigenvalue weighted by molar-refractivity contribution is -0.384. The number of nitrogens with one attached hydrogen (secondary N) is 1. The third kappa shape index (κ3) is 3.53. The number of nitrogens with zero attached hydrogens (tertiary/aromatic N) is 3. The van der Waals surface area contributed by atoms with Gasteiger partial charge in [0.05, 0.1) is 4.92 Å². The van der Waals surface area contributed by atoms with Gasteiger partial charge in [0.15, 0.2) is 0 Å². The van der Waals surface area contributed by atoms with E-state index >= 15 is 0 Å². The molecule has 2 heterocycles. The average molecular weight is 391 g/mol. The number of benzene rings is 1. The molecule has 24 heavy (non-hydrogen) atoms. The van der Waals surface area contributed by atoms with E-state index in [2.05, 4.69) is 26.2 Å². The van der Waals surface area contributed by atoms with E-state index in [1.54, 1.807) is 30.5 Å². The zero-order valence-corrected chi connectivity index (χ0v) is 14.3. The Kier molecular flexibility index (Phi) is 4.75. The van der Waals surface area contributed by atoms with Crippen molar-refractivity contribution in [3.63, 3.8) is 0 Å². The molecule has 8 heteroatoms. The first-order valence-corrected chi connectivity index (χ1v) is 8.30. The number of rotatable bonds is 4. The van der Waals surface area contributed by atoms with Crippen molar-refractivity contribution in [2.45, 2.75) is 12.8 Å². The third-order valence-electron chi connectivity index (χ3n) is 3.85. The van der Waals surface area contributed by atoms with Crippen molar-refractivity contribution in [3.05, 3.63) is 56.7 Å². The molecule has 1 aromatic heterocycles. The summed E-state index contributed by atoms with van der Waals surface area (Å²) in [6.07, 6.45) is 3.61. The maximum Gasteiger partial charge on any atom is 0.293 e. The molecule has 0 atom stereocenters. The number of aromatic nitrogens is 1. The van der Waals surface area contributed by atoms with E-state index in [4.69, 9.17) is 0 Å². The number of hydrogen-bond acceptors (Lipinski definition) is 5. The predicted octanol–water partition coefficient (Wildman–Crippen LogP) is 3.60. The summed E-state index contributed by atoms with van der Waals surface area (Å²) in [5.74, 6) is -0.0460. The van der Waals surface area contributed by atoms with Crippen LogP contribution in [-0.2, 0) is 0 Å². The first-order chi connectivity index (χ1) is 11.5. The second kappa shape index (κ2) is 6.96. The van der Waals surface area contributed by atoms with Gasteiger partial charge in [0.1, 0.15) is 11.5 Å². The Labute approximate surface area is 147 Å². The van der Waals surface area contributed by atoms with Crippen molar-refractivity contribution in [2.75, 3.05) is 23.3 Å². The van der Waals surface area contributed by atoms with Crippen LogP contribution in [0.25, 0.3) is 0 Å². The Bertz CT molecular complexity index is 773. The van der Waals surface area contributed by atoms with Crippen LogP contribution < -0.4 is 10.2 Å². The lowest BCUT2D eigenvalue weighted by Gasteiger charge is -2.17. The van der Waals surface area contributed by atoms with Crippen molar-refractivity contribution >= 4 is 39.0 Å². The Balaban J connectivity index is 1.85. The molecule has 1 amide bonds. The first-order valence-electron chi connectivity index (χ1n) is 7.51. The van der Waals surface area contributed by atoms with Gasteiger partial charge in [-0.25, -0.2) is 4.98 Å². The normalized spacial score (nSPS) is 13.8. The number of nitro groups is 1. The zero-order chi connectivity index (χ0) is 17.1. The van der Waals surface area contributed by atoms with Crippen LogP contribution in [0.1, 0.15) is 23.2 Å². The fourth-order valence-electron chi connectivity index (χ4n) is 2.67. The number of halogens is 1. The molecular formula is C16H15BrN4O3. The summed E-state index contributed by atoms with van der Waals surface area (Å²) in [7, 11) is 0. The molecule has 124 valence electrons. The maximum atomic E-state index is 12.3. The van der Waals surface area contributed by atoms with E-state index in [0.717, 1.165) is 30.4 Å². The van der Waals surface area contributed by atoms with E-state index in [-0.39, 0.29) is 11.3 Å². The van der Waals surface area contributed by atoms with E-state index in [1.165, 1.54) is 6.07 Å². The standard InChI is InChI=1S/C16H15BrN4O3/c17-12-4-6-15(18-10-12)19-16(22)11-3-5-13(14(9-11)21(23)24)20-7-1-2-8-20/h3-6,9-10H,1-2,7-8H2,(H,18,19,22). The van der Waals surface area contributed by atoms with Gasteiger partial charge in [-0.15, -0.1) is 0 Å². The summed E-state index contributed by atoms with van der Waals surface area (Å²) in [6, 6.07) is 7.97. The highest BCUT2D eigenvalue weighted by molar-refractivity contribution is 9.10. The highest BCUT2D eigenvalue weighted by atomic mass is 79.9. The summed E-state index contributed by atoms with van der Waals surface area (Å²) < 4.78 is 0.797. The molecular weight excluding hydrogens is 376 g/mol. The number of amides is 1. The van der Waals surface area contributed by atoms with Gasteiger partial charge in [0, 0.05) is 35.4 Å². The smallest absolute Gasteiger partial charge is 0.293 e. The summed E-state index contributed by atoms with van der Waals surface area (Å²) in [4.78, 5) is 29.3. The number of carbonyl (C=O) groups excluding carboxylic acids is 1. The van der Waals surface area contributed by atoms with Crippen molar-refractivity contribution in [1.82, 2.24) is 4.98 Å². The van der Waals surface area contributed by atoms with Crippen LogP contribution >= 0.6 is 15.9 Å². The molecule has 0 radical (unpaired) electrons.